The number of nitrogens with one attached hydrogen (secondary N) is 2. The standard InChI is InChI=1S/C20H20F3N3O5/c21-20(22,23)18(28)30-10-17(27)25-9-16-15-8-13-7-12(11-3-5-24-6-4-11)1-2-14(13)26(15)19(29)31-16/h1-3,7,15-16,24H,4-6,8-10H2,(H,25,27)/t15-,16-/m0/s1. The van der Waals surface area contributed by atoms with Crippen molar-refractivity contribution in [1.29, 1.82) is 0 Å². The number of carbonyl (C=O) groups is 3. The van der Waals surface area contributed by atoms with Gasteiger partial charge in [0.15, 0.2) is 6.61 Å². The molecule has 0 spiro atoms. The number of ether oxygens (including phenoxy) is 2. The fraction of sp³-hybridized carbons (Fsp3) is 0.450. The molecule has 0 aromatic heterocycles. The number of fused-ring (bicyclic) bond motifs is 3. The Balaban J connectivity index is 1.37. The molecule has 0 aliphatic carbocycles. The van der Waals surface area contributed by atoms with Crippen molar-refractivity contribution in [3.63, 3.8) is 0 Å². The van der Waals surface area contributed by atoms with Crippen LogP contribution in [0.2, 0.25) is 0 Å². The largest absolute Gasteiger partial charge is 0.490 e. The van der Waals surface area contributed by atoms with Gasteiger partial charge in [0.2, 0.25) is 0 Å². The Morgan fingerprint density at radius 3 is 2.84 bits per heavy atom. The fourth-order valence-corrected chi connectivity index (χ4v) is 4.02. The number of hydrogen-bond donors (Lipinski definition) is 2. The van der Waals surface area contributed by atoms with Gasteiger partial charge in [0.25, 0.3) is 5.91 Å². The highest BCUT2D eigenvalue weighted by molar-refractivity contribution is 5.94. The van der Waals surface area contributed by atoms with Crippen LogP contribution < -0.4 is 15.5 Å². The van der Waals surface area contributed by atoms with E-state index in [0.717, 1.165) is 36.3 Å². The molecule has 8 nitrogen and oxygen atoms in total. The maximum absolute atomic E-state index is 12.4. The number of alkyl halides is 3. The lowest BCUT2D eigenvalue weighted by atomic mass is 9.96. The number of nitrogens with zero attached hydrogens (tertiary/aromatic N) is 1. The summed E-state index contributed by atoms with van der Waals surface area (Å²) in [6, 6.07) is 5.57. The van der Waals surface area contributed by atoms with E-state index in [-0.39, 0.29) is 12.6 Å². The molecule has 3 aliphatic heterocycles. The van der Waals surface area contributed by atoms with Gasteiger partial charge in [0.1, 0.15) is 6.10 Å². The Bertz CT molecular complexity index is 946. The van der Waals surface area contributed by atoms with Crippen molar-refractivity contribution in [2.75, 3.05) is 31.1 Å². The molecule has 1 fully saturated rings. The number of benzene rings is 1. The molecule has 1 aromatic rings. The Morgan fingerprint density at radius 2 is 2.13 bits per heavy atom. The summed E-state index contributed by atoms with van der Waals surface area (Å²) in [5.74, 6) is -3.35. The lowest BCUT2D eigenvalue weighted by molar-refractivity contribution is -0.200. The van der Waals surface area contributed by atoms with E-state index in [1.807, 2.05) is 12.1 Å². The SMILES string of the molecule is O=C(COC(=O)C(F)(F)F)NC[C@@H]1OC(=O)N2c3ccc(C4=CCNCC4)cc3C[C@@H]12. The number of anilines is 1. The zero-order valence-corrected chi connectivity index (χ0v) is 16.3. The summed E-state index contributed by atoms with van der Waals surface area (Å²) in [4.78, 5) is 36.3. The minimum atomic E-state index is -5.17. The molecule has 0 radical (unpaired) electrons. The number of esters is 1. The van der Waals surface area contributed by atoms with Gasteiger partial charge in [-0.2, -0.15) is 13.2 Å². The van der Waals surface area contributed by atoms with Gasteiger partial charge >= 0.3 is 18.2 Å². The molecule has 0 bridgehead atoms. The number of halogens is 3. The lowest BCUT2D eigenvalue weighted by Gasteiger charge is -2.17. The summed E-state index contributed by atoms with van der Waals surface area (Å²) in [5, 5.41) is 5.61. The Hall–Kier alpha value is -3.08. The highest BCUT2D eigenvalue weighted by Gasteiger charge is 2.47. The Kier molecular flexibility index (Phi) is 5.61. The third-order valence-electron chi connectivity index (χ3n) is 5.48. The number of hydrogen-bond acceptors (Lipinski definition) is 6. The predicted octanol–water partition coefficient (Wildman–Crippen LogP) is 1.53. The van der Waals surface area contributed by atoms with Gasteiger partial charge in [-0.05, 0) is 48.2 Å². The molecule has 3 heterocycles. The molecule has 0 unspecified atom stereocenters. The van der Waals surface area contributed by atoms with Crippen LogP contribution in [0.1, 0.15) is 17.5 Å². The molecule has 166 valence electrons. The van der Waals surface area contributed by atoms with E-state index in [9.17, 15) is 27.6 Å². The van der Waals surface area contributed by atoms with Crippen LogP contribution in [0, 0.1) is 0 Å². The van der Waals surface area contributed by atoms with E-state index < -0.39 is 36.9 Å². The average Bonchev–Trinajstić information content (AvgIpc) is 3.27. The van der Waals surface area contributed by atoms with Gasteiger partial charge < -0.3 is 20.1 Å². The molecule has 3 aliphatic rings. The van der Waals surface area contributed by atoms with Crippen LogP contribution in [0.15, 0.2) is 24.3 Å². The fourth-order valence-electron chi connectivity index (χ4n) is 4.02. The molecule has 0 saturated carbocycles. The topological polar surface area (TPSA) is 97.0 Å². The van der Waals surface area contributed by atoms with Gasteiger partial charge in [-0.3, -0.25) is 9.69 Å². The van der Waals surface area contributed by atoms with Crippen LogP contribution in [0.3, 0.4) is 0 Å². The summed E-state index contributed by atoms with van der Waals surface area (Å²) >= 11 is 0. The molecular formula is C20H20F3N3O5. The summed E-state index contributed by atoms with van der Waals surface area (Å²) in [5.41, 5.74) is 4.09. The van der Waals surface area contributed by atoms with Crippen molar-refractivity contribution in [2.45, 2.75) is 31.2 Å². The van der Waals surface area contributed by atoms with Crippen molar-refractivity contribution in [1.82, 2.24) is 10.6 Å². The summed E-state index contributed by atoms with van der Waals surface area (Å²) < 4.78 is 45.6. The second-order valence-electron chi connectivity index (χ2n) is 7.47. The van der Waals surface area contributed by atoms with E-state index in [0.29, 0.717) is 6.42 Å². The molecule has 2 atom stereocenters. The van der Waals surface area contributed by atoms with Gasteiger partial charge in [0.05, 0.1) is 18.3 Å². The highest BCUT2D eigenvalue weighted by Crippen LogP contribution is 2.40. The second-order valence-corrected chi connectivity index (χ2v) is 7.47. The van der Waals surface area contributed by atoms with Crippen molar-refractivity contribution in [2.24, 2.45) is 0 Å². The maximum Gasteiger partial charge on any atom is 0.490 e. The van der Waals surface area contributed by atoms with Crippen molar-refractivity contribution >= 4 is 29.2 Å². The van der Waals surface area contributed by atoms with Crippen LogP contribution in [0.5, 0.6) is 0 Å². The number of amides is 2. The van der Waals surface area contributed by atoms with Crippen LogP contribution in [0.25, 0.3) is 5.57 Å². The first kappa shape index (κ1) is 21.2. The van der Waals surface area contributed by atoms with E-state index in [2.05, 4.69) is 27.5 Å². The monoisotopic (exact) mass is 439 g/mol. The zero-order valence-electron chi connectivity index (χ0n) is 16.3. The minimum absolute atomic E-state index is 0.104. The van der Waals surface area contributed by atoms with Gasteiger partial charge in [0, 0.05) is 6.54 Å². The average molecular weight is 439 g/mol. The number of carbonyl (C=O) groups excluding carboxylic acids is 3. The Labute approximate surface area is 175 Å². The molecule has 31 heavy (non-hydrogen) atoms. The minimum Gasteiger partial charge on any atom is -0.449 e. The first-order valence-electron chi connectivity index (χ1n) is 9.77. The summed E-state index contributed by atoms with van der Waals surface area (Å²) in [6.45, 7) is 0.547. The van der Waals surface area contributed by atoms with Crippen molar-refractivity contribution < 1.29 is 37.0 Å². The normalized spacial score (nSPS) is 22.4. The third kappa shape index (κ3) is 4.36. The lowest BCUT2D eigenvalue weighted by Crippen LogP contribution is -2.42. The Morgan fingerprint density at radius 1 is 1.32 bits per heavy atom. The van der Waals surface area contributed by atoms with Gasteiger partial charge in [-0.25, -0.2) is 9.59 Å². The predicted molar refractivity (Wildman–Crippen MR) is 102 cm³/mol. The molecule has 2 amide bonds. The number of rotatable bonds is 5. The van der Waals surface area contributed by atoms with E-state index in [4.69, 9.17) is 4.74 Å². The van der Waals surface area contributed by atoms with Crippen LogP contribution in [-0.4, -0.2) is 62.5 Å². The maximum atomic E-state index is 12.4. The smallest absolute Gasteiger partial charge is 0.449 e. The van der Waals surface area contributed by atoms with E-state index >= 15 is 0 Å². The number of cyclic esters (lactones) is 1. The molecule has 11 heteroatoms. The summed E-state index contributed by atoms with van der Waals surface area (Å²) in [6.07, 6.45) is -2.80. The molecule has 2 N–H and O–H groups in total. The highest BCUT2D eigenvalue weighted by atomic mass is 19.4. The van der Waals surface area contributed by atoms with Gasteiger partial charge in [-0.15, -0.1) is 0 Å². The van der Waals surface area contributed by atoms with Crippen molar-refractivity contribution in [3.8, 4) is 0 Å². The molecule has 1 saturated heterocycles. The summed E-state index contributed by atoms with van der Waals surface area (Å²) in [7, 11) is 0. The van der Waals surface area contributed by atoms with Crippen molar-refractivity contribution in [3.05, 3.63) is 35.4 Å². The quantitative estimate of drug-likeness (QED) is 0.676. The van der Waals surface area contributed by atoms with Crippen LogP contribution in [-0.2, 0) is 25.5 Å². The molecule has 1 aromatic carbocycles. The first-order chi connectivity index (χ1) is 14.7. The molecular weight excluding hydrogens is 419 g/mol. The first-order valence-corrected chi connectivity index (χ1v) is 9.77. The second kappa shape index (κ2) is 8.22. The van der Waals surface area contributed by atoms with Gasteiger partial charge in [-0.1, -0.05) is 12.1 Å². The zero-order chi connectivity index (χ0) is 22.2. The third-order valence-corrected chi connectivity index (χ3v) is 5.48. The van der Waals surface area contributed by atoms with E-state index in [1.54, 1.807) is 0 Å². The van der Waals surface area contributed by atoms with Crippen LogP contribution in [0.4, 0.5) is 23.7 Å². The van der Waals surface area contributed by atoms with Crippen LogP contribution >= 0.6 is 0 Å². The van der Waals surface area contributed by atoms with E-state index in [1.165, 1.54) is 10.5 Å². The molecule has 4 rings (SSSR count).